The fourth-order valence-electron chi connectivity index (χ4n) is 3.22. The van der Waals surface area contributed by atoms with Crippen molar-refractivity contribution in [3.63, 3.8) is 0 Å². The minimum Gasteiger partial charge on any atom is -0.371 e. The normalized spacial score (nSPS) is 12.2. The molecule has 29 heavy (non-hydrogen) atoms. The molecule has 3 nitrogen and oxygen atoms in total. The van der Waals surface area contributed by atoms with Gasteiger partial charge in [-0.05, 0) is 43.9 Å². The number of carbonyl (C=O) groups excluding carboxylic acids is 1. The summed E-state index contributed by atoms with van der Waals surface area (Å²) in [6.07, 6.45) is -2.82. The quantitative estimate of drug-likeness (QED) is 0.291. The molecular weight excluding hydrogens is 391 g/mol. The molecule has 166 valence electrons. The van der Waals surface area contributed by atoms with E-state index in [-0.39, 0.29) is 0 Å². The van der Waals surface area contributed by atoms with Crippen LogP contribution in [0.5, 0.6) is 0 Å². The summed E-state index contributed by atoms with van der Waals surface area (Å²) in [6, 6.07) is 4.10. The lowest BCUT2D eigenvalue weighted by atomic mass is 10.0. The van der Waals surface area contributed by atoms with Gasteiger partial charge in [-0.1, -0.05) is 27.7 Å². The second kappa shape index (κ2) is 10.8. The number of hydrogen-bond donors (Lipinski definition) is 0. The maximum absolute atomic E-state index is 13.8. The fraction of sp³-hybridized carbons (Fsp3) is 0.667. The standard InChI is InChI=1S/C21H31F5N2O/c1-5-9-27(10-6-2)17-13-16(19(29)20(22,23)21(24,25)26)14-18(15-17)28(11-7-3)12-8-4/h13-15H,5-12H2,1-4H3. The Morgan fingerprint density at radius 3 is 1.34 bits per heavy atom. The van der Waals surface area contributed by atoms with Crippen LogP contribution in [0.25, 0.3) is 0 Å². The maximum Gasteiger partial charge on any atom is 0.461 e. The first kappa shape index (κ1) is 25.2. The zero-order chi connectivity index (χ0) is 22.2. The molecule has 0 atom stereocenters. The van der Waals surface area contributed by atoms with E-state index in [0.717, 1.165) is 37.8 Å². The number of halogens is 5. The van der Waals surface area contributed by atoms with Crippen molar-refractivity contribution in [1.82, 2.24) is 0 Å². The first-order valence-corrected chi connectivity index (χ1v) is 10.2. The van der Waals surface area contributed by atoms with Crippen LogP contribution in [-0.4, -0.2) is 44.1 Å². The monoisotopic (exact) mass is 422 g/mol. The number of rotatable bonds is 12. The Hall–Kier alpha value is -1.86. The van der Waals surface area contributed by atoms with Gasteiger partial charge in [-0.2, -0.15) is 22.0 Å². The van der Waals surface area contributed by atoms with Gasteiger partial charge < -0.3 is 9.80 Å². The Morgan fingerprint density at radius 1 is 0.724 bits per heavy atom. The largest absolute Gasteiger partial charge is 0.461 e. The van der Waals surface area contributed by atoms with E-state index in [1.165, 1.54) is 0 Å². The molecule has 0 aliphatic heterocycles. The first-order valence-electron chi connectivity index (χ1n) is 10.2. The number of carbonyl (C=O) groups is 1. The highest BCUT2D eigenvalue weighted by atomic mass is 19.4. The van der Waals surface area contributed by atoms with E-state index >= 15 is 0 Å². The molecule has 0 aliphatic carbocycles. The van der Waals surface area contributed by atoms with Crippen LogP contribution in [0.1, 0.15) is 63.7 Å². The third-order valence-corrected chi connectivity index (χ3v) is 4.51. The summed E-state index contributed by atoms with van der Waals surface area (Å²) < 4.78 is 65.9. The molecule has 0 bridgehead atoms. The molecule has 0 amide bonds. The average molecular weight is 422 g/mol. The van der Waals surface area contributed by atoms with Gasteiger partial charge in [0.2, 0.25) is 5.78 Å². The van der Waals surface area contributed by atoms with Crippen LogP contribution in [-0.2, 0) is 0 Å². The van der Waals surface area contributed by atoms with Crippen LogP contribution in [0.3, 0.4) is 0 Å². The molecule has 0 aromatic heterocycles. The molecule has 0 unspecified atom stereocenters. The van der Waals surface area contributed by atoms with E-state index in [4.69, 9.17) is 0 Å². The van der Waals surface area contributed by atoms with Crippen molar-refractivity contribution in [2.24, 2.45) is 0 Å². The van der Waals surface area contributed by atoms with Crippen LogP contribution < -0.4 is 9.80 Å². The Kier molecular flexibility index (Phi) is 9.36. The van der Waals surface area contributed by atoms with E-state index in [1.54, 1.807) is 6.07 Å². The Bertz CT molecular complexity index is 615. The van der Waals surface area contributed by atoms with Crippen LogP contribution in [0, 0.1) is 0 Å². The van der Waals surface area contributed by atoms with Crippen molar-refractivity contribution in [3.8, 4) is 0 Å². The second-order valence-electron chi connectivity index (χ2n) is 7.11. The summed E-state index contributed by atoms with van der Waals surface area (Å²) in [5, 5.41) is 0. The van der Waals surface area contributed by atoms with Crippen molar-refractivity contribution in [2.75, 3.05) is 36.0 Å². The number of Topliss-reactive ketones (excluding diaryl/α,β-unsaturated/α-hetero) is 1. The minimum atomic E-state index is -5.93. The minimum absolute atomic E-state index is 0.490. The molecule has 0 spiro atoms. The highest BCUT2D eigenvalue weighted by molar-refractivity contribution is 6.03. The van der Waals surface area contributed by atoms with Crippen molar-refractivity contribution >= 4 is 17.2 Å². The zero-order valence-electron chi connectivity index (χ0n) is 17.6. The number of hydrogen-bond acceptors (Lipinski definition) is 3. The predicted molar refractivity (Wildman–Crippen MR) is 107 cm³/mol. The smallest absolute Gasteiger partial charge is 0.371 e. The third-order valence-electron chi connectivity index (χ3n) is 4.51. The molecular formula is C21H31F5N2O. The number of anilines is 2. The Morgan fingerprint density at radius 2 is 1.07 bits per heavy atom. The molecule has 0 radical (unpaired) electrons. The average Bonchev–Trinajstić information content (AvgIpc) is 2.65. The summed E-state index contributed by atoms with van der Waals surface area (Å²) in [5.41, 5.74) is 0.365. The molecule has 8 heteroatoms. The molecule has 1 aromatic carbocycles. The lowest BCUT2D eigenvalue weighted by Crippen LogP contribution is -2.44. The van der Waals surface area contributed by atoms with Gasteiger partial charge in [0.1, 0.15) is 0 Å². The van der Waals surface area contributed by atoms with E-state index in [2.05, 4.69) is 0 Å². The maximum atomic E-state index is 13.8. The van der Waals surface area contributed by atoms with Crippen molar-refractivity contribution < 1.29 is 26.7 Å². The molecule has 0 N–H and O–H groups in total. The highest BCUT2D eigenvalue weighted by Gasteiger charge is 2.63. The number of ketones is 1. The van der Waals surface area contributed by atoms with Gasteiger partial charge >= 0.3 is 12.1 Å². The molecule has 0 saturated carbocycles. The topological polar surface area (TPSA) is 23.6 Å². The van der Waals surface area contributed by atoms with Gasteiger partial charge in [0, 0.05) is 43.1 Å². The number of benzene rings is 1. The first-order chi connectivity index (χ1) is 13.5. The van der Waals surface area contributed by atoms with E-state index in [0.29, 0.717) is 37.6 Å². The van der Waals surface area contributed by atoms with Crippen molar-refractivity contribution in [1.29, 1.82) is 0 Å². The van der Waals surface area contributed by atoms with Crippen LogP contribution >= 0.6 is 0 Å². The van der Waals surface area contributed by atoms with Crippen molar-refractivity contribution in [3.05, 3.63) is 23.8 Å². The predicted octanol–water partition coefficient (Wildman–Crippen LogP) is 6.32. The molecule has 1 aromatic rings. The van der Waals surface area contributed by atoms with Crippen molar-refractivity contribution in [2.45, 2.75) is 65.5 Å². The van der Waals surface area contributed by atoms with Gasteiger partial charge in [0.15, 0.2) is 0 Å². The third kappa shape index (κ3) is 6.31. The number of nitrogens with zero attached hydrogens (tertiary/aromatic N) is 2. The van der Waals surface area contributed by atoms with Gasteiger partial charge in [-0.15, -0.1) is 0 Å². The second-order valence-corrected chi connectivity index (χ2v) is 7.11. The lowest BCUT2D eigenvalue weighted by molar-refractivity contribution is -0.255. The van der Waals surface area contributed by atoms with E-state index < -0.39 is 23.4 Å². The van der Waals surface area contributed by atoms with Gasteiger partial charge in [-0.3, -0.25) is 4.79 Å². The zero-order valence-corrected chi connectivity index (χ0v) is 17.6. The van der Waals surface area contributed by atoms with Gasteiger partial charge in [-0.25, -0.2) is 0 Å². The molecule has 0 aliphatic rings. The van der Waals surface area contributed by atoms with Crippen LogP contribution in [0.15, 0.2) is 18.2 Å². The SMILES string of the molecule is CCCN(CCC)c1cc(C(=O)C(F)(F)C(F)(F)F)cc(N(CCC)CCC)c1. The summed E-state index contributed by atoms with van der Waals surface area (Å²) in [4.78, 5) is 16.0. The van der Waals surface area contributed by atoms with E-state index in [9.17, 15) is 26.7 Å². The Labute approximate surface area is 169 Å². The molecule has 1 rings (SSSR count). The van der Waals surface area contributed by atoms with Gasteiger partial charge in [0.05, 0.1) is 0 Å². The summed E-state index contributed by atoms with van der Waals surface area (Å²) >= 11 is 0. The lowest BCUT2D eigenvalue weighted by Gasteiger charge is -2.29. The summed E-state index contributed by atoms with van der Waals surface area (Å²) in [5.74, 6) is -7.64. The molecule has 0 saturated heterocycles. The van der Waals surface area contributed by atoms with E-state index in [1.807, 2.05) is 37.5 Å². The molecule has 0 fully saturated rings. The molecule has 0 heterocycles. The van der Waals surface area contributed by atoms with Crippen LogP contribution in [0.4, 0.5) is 33.3 Å². The summed E-state index contributed by atoms with van der Waals surface area (Å²) in [6.45, 7) is 10.3. The summed E-state index contributed by atoms with van der Waals surface area (Å²) in [7, 11) is 0. The number of alkyl halides is 5. The Balaban J connectivity index is 3.56. The fourth-order valence-corrected chi connectivity index (χ4v) is 3.22. The highest BCUT2D eigenvalue weighted by Crippen LogP contribution is 2.39. The van der Waals surface area contributed by atoms with Crippen LogP contribution in [0.2, 0.25) is 0 Å². The van der Waals surface area contributed by atoms with Gasteiger partial charge in [0.25, 0.3) is 0 Å².